The molecule has 4 rings (SSSR count). The normalized spacial score (nSPS) is 15.3. The predicted molar refractivity (Wildman–Crippen MR) is 144 cm³/mol. The molecule has 0 unspecified atom stereocenters. The summed E-state index contributed by atoms with van der Waals surface area (Å²) in [5.41, 5.74) is 1.86. The number of aromatic nitrogens is 2. The van der Waals surface area contributed by atoms with Gasteiger partial charge in [-0.1, -0.05) is 44.2 Å². The number of imidazole rings is 1. The second-order valence-corrected chi connectivity index (χ2v) is 11.0. The number of likely N-dealkylation sites (N-methyl/N-ethyl adjacent to an activating group) is 1. The largest absolute Gasteiger partial charge is 0.312 e. The molecule has 37 heavy (non-hydrogen) atoms. The molecular formula is C28H32N4O4S. The molecule has 0 aliphatic heterocycles. The predicted octanol–water partition coefficient (Wildman–Crippen LogP) is 4.64. The third kappa shape index (κ3) is 7.02. The molecule has 0 radical (unpaired) electrons. The van der Waals surface area contributed by atoms with Gasteiger partial charge in [-0.3, -0.25) is 14.2 Å². The van der Waals surface area contributed by atoms with Crippen LogP contribution in [0.25, 0.3) is 6.08 Å². The number of sulfonamides is 1. The Morgan fingerprint density at radius 2 is 1.62 bits per heavy atom. The van der Waals surface area contributed by atoms with Crippen molar-refractivity contribution in [2.45, 2.75) is 55.9 Å². The van der Waals surface area contributed by atoms with Gasteiger partial charge >= 0.3 is 0 Å². The molecule has 2 aromatic carbocycles. The van der Waals surface area contributed by atoms with E-state index in [1.54, 1.807) is 61.9 Å². The van der Waals surface area contributed by atoms with Crippen molar-refractivity contribution < 1.29 is 18.0 Å². The summed E-state index contributed by atoms with van der Waals surface area (Å²) in [5, 5.41) is 0. The van der Waals surface area contributed by atoms with Crippen LogP contribution >= 0.6 is 0 Å². The maximum Gasteiger partial charge on any atom is 0.263 e. The van der Waals surface area contributed by atoms with E-state index in [0.717, 1.165) is 44.1 Å². The molecule has 0 spiro atoms. The first-order valence-corrected chi connectivity index (χ1v) is 14.0. The number of benzene rings is 2. The van der Waals surface area contributed by atoms with Crippen LogP contribution in [0.4, 0.5) is 5.69 Å². The molecule has 1 saturated carbocycles. The molecule has 1 fully saturated rings. The lowest BCUT2D eigenvalue weighted by molar-refractivity contribution is -0.113. The molecule has 1 aliphatic carbocycles. The topological polar surface area (TPSA) is 101 Å². The zero-order chi connectivity index (χ0) is 26.3. The van der Waals surface area contributed by atoms with E-state index in [-0.39, 0.29) is 22.8 Å². The summed E-state index contributed by atoms with van der Waals surface area (Å²) in [6, 6.07) is 13.2. The summed E-state index contributed by atoms with van der Waals surface area (Å²) < 4.78 is 30.0. The summed E-state index contributed by atoms with van der Waals surface area (Å²) >= 11 is 0. The maximum absolute atomic E-state index is 12.9. The molecule has 3 aromatic rings. The van der Waals surface area contributed by atoms with Gasteiger partial charge in [0.1, 0.15) is 6.33 Å². The molecule has 1 aromatic heterocycles. The summed E-state index contributed by atoms with van der Waals surface area (Å²) in [4.78, 5) is 30.6. The summed E-state index contributed by atoms with van der Waals surface area (Å²) in [5.74, 6) is -0.448. The smallest absolute Gasteiger partial charge is 0.263 e. The molecular weight excluding hydrogens is 488 g/mol. The third-order valence-electron chi connectivity index (χ3n) is 6.61. The number of anilines is 1. The van der Waals surface area contributed by atoms with E-state index in [1.807, 2.05) is 0 Å². The number of nitrogens with zero attached hydrogens (tertiary/aromatic N) is 3. The van der Waals surface area contributed by atoms with Crippen molar-refractivity contribution in [2.24, 2.45) is 0 Å². The first kappa shape index (κ1) is 26.5. The van der Waals surface area contributed by atoms with Gasteiger partial charge in [-0.15, -0.1) is 0 Å². The lowest BCUT2D eigenvalue weighted by atomic mass is 9.97. The second kappa shape index (κ2) is 12.1. The molecule has 8 nitrogen and oxygen atoms in total. The van der Waals surface area contributed by atoms with Gasteiger partial charge in [0.2, 0.25) is 10.0 Å². The van der Waals surface area contributed by atoms with Crippen LogP contribution in [-0.4, -0.2) is 42.9 Å². The van der Waals surface area contributed by atoms with E-state index in [2.05, 4.69) is 9.71 Å². The van der Waals surface area contributed by atoms with Crippen molar-refractivity contribution >= 4 is 33.6 Å². The average Bonchev–Trinajstić information content (AvgIpc) is 3.43. The zero-order valence-corrected chi connectivity index (χ0v) is 21.7. The highest BCUT2D eigenvalue weighted by atomic mass is 32.2. The lowest BCUT2D eigenvalue weighted by Gasteiger charge is -2.21. The fourth-order valence-corrected chi connectivity index (χ4v) is 5.69. The van der Waals surface area contributed by atoms with Gasteiger partial charge in [-0.2, -0.15) is 0 Å². The van der Waals surface area contributed by atoms with Crippen LogP contribution < -0.4 is 9.62 Å². The number of rotatable bonds is 7. The molecule has 0 atom stereocenters. The van der Waals surface area contributed by atoms with Gasteiger partial charge in [0.25, 0.3) is 11.8 Å². The first-order valence-electron chi connectivity index (χ1n) is 12.5. The highest BCUT2D eigenvalue weighted by Crippen LogP contribution is 2.21. The van der Waals surface area contributed by atoms with Crippen molar-refractivity contribution in [2.75, 3.05) is 11.9 Å². The van der Waals surface area contributed by atoms with Gasteiger partial charge in [0.15, 0.2) is 0 Å². The van der Waals surface area contributed by atoms with E-state index in [0.29, 0.717) is 11.3 Å². The van der Waals surface area contributed by atoms with Crippen molar-refractivity contribution in [1.82, 2.24) is 14.3 Å². The summed E-state index contributed by atoms with van der Waals surface area (Å²) in [7, 11) is -1.98. The van der Waals surface area contributed by atoms with E-state index >= 15 is 0 Å². The third-order valence-corrected chi connectivity index (χ3v) is 8.14. The zero-order valence-electron chi connectivity index (χ0n) is 20.9. The quantitative estimate of drug-likeness (QED) is 0.458. The highest BCUT2D eigenvalue weighted by Gasteiger charge is 2.21. The Bertz CT molecular complexity index is 1320. The molecule has 9 heteroatoms. The Morgan fingerprint density at radius 1 is 0.973 bits per heavy atom. The second-order valence-electron chi connectivity index (χ2n) is 9.28. The minimum Gasteiger partial charge on any atom is -0.312 e. The van der Waals surface area contributed by atoms with Crippen molar-refractivity contribution in [3.05, 3.63) is 84.5 Å². The van der Waals surface area contributed by atoms with E-state index < -0.39 is 10.0 Å². The number of hydrogen-bond donors (Lipinski definition) is 1. The van der Waals surface area contributed by atoms with Crippen LogP contribution in [0, 0.1) is 0 Å². The van der Waals surface area contributed by atoms with Crippen LogP contribution in [-0.2, 0) is 14.8 Å². The Labute approximate surface area is 218 Å². The molecule has 194 valence electrons. The molecule has 0 saturated heterocycles. The maximum atomic E-state index is 12.9. The molecule has 1 heterocycles. The number of hydrogen-bond acceptors (Lipinski definition) is 5. The Morgan fingerprint density at radius 3 is 2.24 bits per heavy atom. The summed E-state index contributed by atoms with van der Waals surface area (Å²) in [6.45, 7) is 0. The lowest BCUT2D eigenvalue weighted by Crippen LogP contribution is -2.35. The van der Waals surface area contributed by atoms with Crippen LogP contribution in [0.5, 0.6) is 0 Å². The van der Waals surface area contributed by atoms with Crippen LogP contribution in [0.3, 0.4) is 0 Å². The molecule has 1 aliphatic rings. The molecule has 0 bridgehead atoms. The monoisotopic (exact) mass is 520 g/mol. The Balaban J connectivity index is 1.36. The molecule has 1 amide bonds. The molecule has 1 N–H and O–H groups in total. The van der Waals surface area contributed by atoms with Crippen molar-refractivity contribution in [1.29, 1.82) is 0 Å². The van der Waals surface area contributed by atoms with E-state index in [4.69, 9.17) is 0 Å². The van der Waals surface area contributed by atoms with Crippen LogP contribution in [0.15, 0.2) is 78.2 Å². The van der Waals surface area contributed by atoms with Crippen molar-refractivity contribution in [3.63, 3.8) is 0 Å². The van der Waals surface area contributed by atoms with Gasteiger partial charge in [-0.25, -0.2) is 18.1 Å². The Hall–Kier alpha value is -3.56. The fourth-order valence-electron chi connectivity index (χ4n) is 4.38. The SMILES string of the molecule is CN(C(=O)/C=C/c1ccc(C(=O)n2ccnc2)cc1)c1ccc(S(=O)(=O)NC2CCCCCCC2)cc1. The number of carbonyl (C=O) groups excluding carboxylic acids is 2. The van der Waals surface area contributed by atoms with Gasteiger partial charge in [-0.05, 0) is 60.9 Å². The van der Waals surface area contributed by atoms with Gasteiger partial charge < -0.3 is 4.90 Å². The van der Waals surface area contributed by atoms with Gasteiger partial charge in [0.05, 0.1) is 4.90 Å². The fraction of sp³-hybridized carbons (Fsp3) is 0.321. The summed E-state index contributed by atoms with van der Waals surface area (Å²) in [6.07, 6.45) is 15.0. The van der Waals surface area contributed by atoms with E-state index in [1.165, 1.54) is 40.4 Å². The number of nitrogens with one attached hydrogen (secondary N) is 1. The average molecular weight is 521 g/mol. The van der Waals surface area contributed by atoms with E-state index in [9.17, 15) is 18.0 Å². The van der Waals surface area contributed by atoms with Gasteiger partial charge in [0, 0.05) is 42.8 Å². The highest BCUT2D eigenvalue weighted by molar-refractivity contribution is 7.89. The first-order chi connectivity index (χ1) is 17.8. The van der Waals surface area contributed by atoms with Crippen LogP contribution in [0.2, 0.25) is 0 Å². The minimum atomic E-state index is -3.62. The van der Waals surface area contributed by atoms with Crippen LogP contribution in [0.1, 0.15) is 60.9 Å². The minimum absolute atomic E-state index is 0.0301. The number of carbonyl (C=O) groups is 2. The van der Waals surface area contributed by atoms with Crippen molar-refractivity contribution in [3.8, 4) is 0 Å². The number of amides is 1. The standard InChI is InChI=1S/C28H32N4O4S/c1-31(27(33)18-11-22-9-12-23(13-10-22)28(34)32-20-19-29-21-32)25-14-16-26(17-15-25)37(35,36)30-24-7-5-3-2-4-6-8-24/h9-21,24,30H,2-8H2,1H3/b18-11+. The Kier molecular flexibility index (Phi) is 8.68.